The first-order valence-corrected chi connectivity index (χ1v) is 8.32. The Hall–Kier alpha value is -2.18. The van der Waals surface area contributed by atoms with E-state index in [1.165, 1.54) is 4.68 Å². The van der Waals surface area contributed by atoms with Gasteiger partial charge in [0.05, 0.1) is 0 Å². The third kappa shape index (κ3) is 2.64. The molecule has 0 radical (unpaired) electrons. The van der Waals surface area contributed by atoms with E-state index in [2.05, 4.69) is 20.0 Å². The predicted octanol–water partition coefficient (Wildman–Crippen LogP) is 1.40. The first-order valence-electron chi connectivity index (χ1n) is 8.32. The summed E-state index contributed by atoms with van der Waals surface area (Å²) in [6.45, 7) is 3.81. The lowest BCUT2D eigenvalue weighted by atomic mass is 9.96. The lowest BCUT2D eigenvalue weighted by Crippen LogP contribution is -2.35. The lowest BCUT2D eigenvalue weighted by Gasteiger charge is -2.31. The number of anilines is 1. The fourth-order valence-corrected chi connectivity index (χ4v) is 3.34. The summed E-state index contributed by atoms with van der Waals surface area (Å²) < 4.78 is 3.42. The van der Waals surface area contributed by atoms with Crippen LogP contribution in [-0.2, 0) is 7.05 Å². The second kappa shape index (κ2) is 5.47. The van der Waals surface area contributed by atoms with Crippen LogP contribution in [-0.4, -0.2) is 37.4 Å². The molecule has 3 heterocycles. The number of aromatic nitrogens is 5. The minimum atomic E-state index is 0.0341. The maximum atomic E-state index is 12.3. The fraction of sp³-hybridized carbons (Fsp3) is 0.625. The van der Waals surface area contributed by atoms with Crippen molar-refractivity contribution in [2.45, 2.75) is 44.6 Å². The summed E-state index contributed by atoms with van der Waals surface area (Å²) in [5, 5.41) is 4.52. The maximum Gasteiger partial charge on any atom is 0.345 e. The van der Waals surface area contributed by atoms with Crippen molar-refractivity contribution < 1.29 is 0 Å². The minimum absolute atomic E-state index is 0.0341. The number of piperidine rings is 1. The van der Waals surface area contributed by atoms with Crippen LogP contribution in [0.1, 0.15) is 49.0 Å². The van der Waals surface area contributed by atoms with E-state index in [0.717, 1.165) is 56.1 Å². The Labute approximate surface area is 135 Å². The molecule has 2 fully saturated rings. The van der Waals surface area contributed by atoms with Crippen LogP contribution in [0.25, 0.3) is 0 Å². The van der Waals surface area contributed by atoms with Crippen molar-refractivity contribution in [1.82, 2.24) is 24.3 Å². The molecule has 1 aliphatic heterocycles. The minimum Gasteiger partial charge on any atom is -0.341 e. The number of nitrogens with zero attached hydrogens (tertiary/aromatic N) is 6. The van der Waals surface area contributed by atoms with Gasteiger partial charge < -0.3 is 4.90 Å². The van der Waals surface area contributed by atoms with Gasteiger partial charge in [0.2, 0.25) is 5.95 Å². The van der Waals surface area contributed by atoms with Gasteiger partial charge in [0.25, 0.3) is 0 Å². The van der Waals surface area contributed by atoms with Gasteiger partial charge in [-0.25, -0.2) is 19.4 Å². The molecule has 0 N–H and O–H groups in total. The summed E-state index contributed by atoms with van der Waals surface area (Å²) in [6.07, 6.45) is 7.90. The van der Waals surface area contributed by atoms with Crippen molar-refractivity contribution in [3.8, 4) is 0 Å². The molecule has 1 saturated heterocycles. The second-order valence-corrected chi connectivity index (χ2v) is 6.69. The molecule has 2 aromatic heterocycles. The van der Waals surface area contributed by atoms with Crippen molar-refractivity contribution in [1.29, 1.82) is 0 Å². The molecule has 2 aromatic rings. The molecule has 0 aromatic carbocycles. The van der Waals surface area contributed by atoms with Crippen molar-refractivity contribution in [3.05, 3.63) is 34.3 Å². The van der Waals surface area contributed by atoms with Crippen LogP contribution in [0.2, 0.25) is 0 Å². The van der Waals surface area contributed by atoms with Gasteiger partial charge in [-0.05, 0) is 38.2 Å². The van der Waals surface area contributed by atoms with E-state index < -0.39 is 0 Å². The summed E-state index contributed by atoms with van der Waals surface area (Å²) in [4.78, 5) is 23.3. The molecule has 7 nitrogen and oxygen atoms in total. The molecule has 1 saturated carbocycles. The highest BCUT2D eigenvalue weighted by molar-refractivity contribution is 5.31. The van der Waals surface area contributed by atoms with E-state index in [9.17, 15) is 4.79 Å². The zero-order valence-corrected chi connectivity index (χ0v) is 13.6. The Morgan fingerprint density at radius 1 is 1.09 bits per heavy atom. The SMILES string of the molecule is Cc1cnc(N2CCC(c3nn(C)c(=O)n3C3CC3)CC2)nc1. The van der Waals surface area contributed by atoms with Gasteiger partial charge in [0, 0.05) is 44.5 Å². The number of hydrogen-bond donors (Lipinski definition) is 0. The van der Waals surface area contributed by atoms with Crippen molar-refractivity contribution in [3.63, 3.8) is 0 Å². The molecule has 0 amide bonds. The van der Waals surface area contributed by atoms with Gasteiger partial charge in [-0.2, -0.15) is 5.10 Å². The first kappa shape index (κ1) is 14.4. The van der Waals surface area contributed by atoms with Crippen LogP contribution < -0.4 is 10.6 Å². The Morgan fingerprint density at radius 3 is 2.35 bits per heavy atom. The van der Waals surface area contributed by atoms with Crippen LogP contribution in [0.5, 0.6) is 0 Å². The molecule has 122 valence electrons. The Morgan fingerprint density at radius 2 is 1.74 bits per heavy atom. The van der Waals surface area contributed by atoms with Gasteiger partial charge in [0.1, 0.15) is 5.82 Å². The van der Waals surface area contributed by atoms with E-state index in [4.69, 9.17) is 0 Å². The number of rotatable bonds is 3. The van der Waals surface area contributed by atoms with Gasteiger partial charge in [-0.1, -0.05) is 0 Å². The summed E-state index contributed by atoms with van der Waals surface area (Å²) in [5.41, 5.74) is 1.11. The summed E-state index contributed by atoms with van der Waals surface area (Å²) in [5.74, 6) is 2.13. The smallest absolute Gasteiger partial charge is 0.341 e. The van der Waals surface area contributed by atoms with Crippen molar-refractivity contribution in [2.24, 2.45) is 7.05 Å². The highest BCUT2D eigenvalue weighted by atomic mass is 16.2. The van der Waals surface area contributed by atoms with E-state index in [0.29, 0.717) is 12.0 Å². The fourth-order valence-electron chi connectivity index (χ4n) is 3.34. The average Bonchev–Trinajstić information content (AvgIpc) is 3.35. The monoisotopic (exact) mass is 314 g/mol. The molecule has 1 aliphatic carbocycles. The molecular formula is C16H22N6O. The van der Waals surface area contributed by atoms with Gasteiger partial charge >= 0.3 is 5.69 Å². The largest absolute Gasteiger partial charge is 0.345 e. The van der Waals surface area contributed by atoms with Crippen LogP contribution >= 0.6 is 0 Å². The van der Waals surface area contributed by atoms with Crippen molar-refractivity contribution in [2.75, 3.05) is 18.0 Å². The molecule has 23 heavy (non-hydrogen) atoms. The summed E-state index contributed by atoms with van der Waals surface area (Å²) in [7, 11) is 1.75. The van der Waals surface area contributed by atoms with Crippen LogP contribution in [0.15, 0.2) is 17.2 Å². The second-order valence-electron chi connectivity index (χ2n) is 6.69. The van der Waals surface area contributed by atoms with E-state index >= 15 is 0 Å². The lowest BCUT2D eigenvalue weighted by molar-refractivity contribution is 0.458. The molecule has 0 spiro atoms. The molecule has 0 atom stereocenters. The van der Waals surface area contributed by atoms with E-state index in [1.807, 2.05) is 23.9 Å². The maximum absolute atomic E-state index is 12.3. The van der Waals surface area contributed by atoms with Crippen LogP contribution in [0, 0.1) is 6.92 Å². The average molecular weight is 314 g/mol. The van der Waals surface area contributed by atoms with Crippen LogP contribution in [0.3, 0.4) is 0 Å². The molecular weight excluding hydrogens is 292 g/mol. The molecule has 4 rings (SSSR count). The van der Waals surface area contributed by atoms with Gasteiger partial charge in [-0.3, -0.25) is 4.57 Å². The topological polar surface area (TPSA) is 68.8 Å². The number of aryl methyl sites for hydroxylation is 2. The quantitative estimate of drug-likeness (QED) is 0.856. The van der Waals surface area contributed by atoms with Gasteiger partial charge in [0.15, 0.2) is 0 Å². The van der Waals surface area contributed by atoms with Gasteiger partial charge in [-0.15, -0.1) is 0 Å². The van der Waals surface area contributed by atoms with E-state index in [1.54, 1.807) is 7.05 Å². The summed E-state index contributed by atoms with van der Waals surface area (Å²) in [6, 6.07) is 0.379. The first-order chi connectivity index (χ1) is 11.1. The molecule has 0 unspecified atom stereocenters. The Bertz CT molecular complexity index is 750. The third-order valence-corrected chi connectivity index (χ3v) is 4.80. The predicted molar refractivity (Wildman–Crippen MR) is 86.7 cm³/mol. The standard InChI is InChI=1S/C16H22N6O/c1-11-9-17-15(18-10-11)21-7-5-12(6-8-21)14-19-20(2)16(23)22(14)13-3-4-13/h9-10,12-13H,3-8H2,1-2H3. The van der Waals surface area contributed by atoms with E-state index in [-0.39, 0.29) is 5.69 Å². The number of hydrogen-bond acceptors (Lipinski definition) is 5. The molecule has 0 bridgehead atoms. The highest BCUT2D eigenvalue weighted by Gasteiger charge is 2.33. The third-order valence-electron chi connectivity index (χ3n) is 4.80. The Balaban J connectivity index is 1.51. The molecule has 2 aliphatic rings. The summed E-state index contributed by atoms with van der Waals surface area (Å²) >= 11 is 0. The van der Waals surface area contributed by atoms with Crippen LogP contribution in [0.4, 0.5) is 5.95 Å². The normalized spacial score (nSPS) is 19.3. The zero-order valence-electron chi connectivity index (χ0n) is 13.6. The highest BCUT2D eigenvalue weighted by Crippen LogP contribution is 2.37. The zero-order chi connectivity index (χ0) is 16.0. The Kier molecular flexibility index (Phi) is 3.43. The van der Waals surface area contributed by atoms with Crippen molar-refractivity contribution >= 4 is 5.95 Å². The molecule has 7 heteroatoms.